The van der Waals surface area contributed by atoms with Gasteiger partial charge in [0.05, 0.1) is 11.3 Å². The molecule has 5 rings (SSSR count). The maximum absolute atomic E-state index is 13.4. The summed E-state index contributed by atoms with van der Waals surface area (Å²) < 4.78 is 40.1. The molecular formula is C24H27F3N6. The van der Waals surface area contributed by atoms with Crippen LogP contribution in [-0.4, -0.2) is 35.4 Å². The lowest BCUT2D eigenvalue weighted by atomic mass is 10.00. The molecule has 33 heavy (non-hydrogen) atoms. The third kappa shape index (κ3) is 4.11. The Hall–Kier alpha value is -2.91. The molecule has 1 aromatic heterocycles. The molecule has 1 atom stereocenters. The van der Waals surface area contributed by atoms with Gasteiger partial charge in [0.2, 0.25) is 0 Å². The van der Waals surface area contributed by atoms with Crippen molar-refractivity contribution in [1.82, 2.24) is 15.5 Å². The third-order valence-corrected chi connectivity index (χ3v) is 6.85. The van der Waals surface area contributed by atoms with Gasteiger partial charge in [-0.2, -0.15) is 18.3 Å². The molecular weight excluding hydrogens is 429 g/mol. The van der Waals surface area contributed by atoms with Crippen LogP contribution in [0.5, 0.6) is 0 Å². The smallest absolute Gasteiger partial charge is 0.368 e. The molecule has 6 nitrogen and oxygen atoms in total. The summed E-state index contributed by atoms with van der Waals surface area (Å²) in [6.07, 6.45) is -2.92. The zero-order chi connectivity index (χ0) is 23.4. The Morgan fingerprint density at radius 1 is 1.12 bits per heavy atom. The van der Waals surface area contributed by atoms with E-state index < -0.39 is 17.9 Å². The quantitative estimate of drug-likeness (QED) is 0.509. The van der Waals surface area contributed by atoms with Crippen molar-refractivity contribution in [2.24, 2.45) is 5.73 Å². The summed E-state index contributed by atoms with van der Waals surface area (Å²) in [5.74, 6) is 0.457. The molecule has 1 saturated carbocycles. The number of nitrogens with zero attached hydrogens (tertiary/aromatic N) is 3. The lowest BCUT2D eigenvalue weighted by Gasteiger charge is -2.36. The Morgan fingerprint density at radius 3 is 2.64 bits per heavy atom. The van der Waals surface area contributed by atoms with Gasteiger partial charge in [-0.1, -0.05) is 18.2 Å². The lowest BCUT2D eigenvalue weighted by molar-refractivity contribution is -0.138. The molecule has 1 aliphatic carbocycles. The van der Waals surface area contributed by atoms with Crippen LogP contribution >= 0.6 is 0 Å². The number of hydrogen-bond donors (Lipinski definition) is 3. The van der Waals surface area contributed by atoms with Gasteiger partial charge in [-0.25, -0.2) is 0 Å². The van der Waals surface area contributed by atoms with Gasteiger partial charge >= 0.3 is 6.18 Å². The van der Waals surface area contributed by atoms with E-state index in [1.807, 2.05) is 13.0 Å². The van der Waals surface area contributed by atoms with Gasteiger partial charge in [-0.05, 0) is 56.0 Å². The Morgan fingerprint density at radius 2 is 1.91 bits per heavy atom. The van der Waals surface area contributed by atoms with Crippen molar-refractivity contribution in [3.05, 3.63) is 58.8 Å². The number of nitrogens with two attached hydrogens (primary N) is 1. The molecule has 1 spiro atoms. The number of aromatic nitrogens is 2. The highest BCUT2D eigenvalue weighted by atomic mass is 19.4. The fraction of sp³-hybridized carbons (Fsp3) is 0.417. The number of benzene rings is 2. The van der Waals surface area contributed by atoms with Crippen LogP contribution in [0, 0.1) is 13.8 Å². The molecule has 3 aromatic rings. The Balaban J connectivity index is 1.49. The number of piperazine rings is 1. The fourth-order valence-corrected chi connectivity index (χ4v) is 4.76. The number of nitrogens with one attached hydrogen (secondary N) is 2. The minimum Gasteiger partial charge on any atom is -0.368 e. The lowest BCUT2D eigenvalue weighted by Crippen LogP contribution is -2.52. The van der Waals surface area contributed by atoms with E-state index >= 15 is 0 Å². The highest BCUT2D eigenvalue weighted by Crippen LogP contribution is 2.40. The number of fused-ring (bicyclic) bond motifs is 1. The van der Waals surface area contributed by atoms with Crippen LogP contribution in [0.25, 0.3) is 10.8 Å². The molecule has 1 saturated heterocycles. The summed E-state index contributed by atoms with van der Waals surface area (Å²) in [6, 6.07) is 10.3. The maximum Gasteiger partial charge on any atom is 0.416 e. The SMILES string of the molecule is Cc1c([C@@H](N)Nc2nnc(C)c3ccc(N4CCNC5(CC5)C4)cc23)cccc1C(F)(F)F. The molecule has 9 heteroatoms. The average molecular weight is 457 g/mol. The van der Waals surface area contributed by atoms with Crippen LogP contribution in [0.2, 0.25) is 0 Å². The zero-order valence-corrected chi connectivity index (χ0v) is 18.6. The standard InChI is InChI=1S/C24H27F3N6/c1-14-17(4-3-5-20(14)24(25,26)27)21(28)30-22-19-12-16(6-7-18(19)15(2)31-32-22)33-11-10-29-23(13-33)8-9-23/h3-7,12,21,29H,8-11,13,28H2,1-2H3,(H,30,32)/t21-/m0/s1. The van der Waals surface area contributed by atoms with Gasteiger partial charge < -0.3 is 21.3 Å². The molecule has 174 valence electrons. The first kappa shape index (κ1) is 21.9. The fourth-order valence-electron chi connectivity index (χ4n) is 4.76. The second-order valence-electron chi connectivity index (χ2n) is 9.13. The van der Waals surface area contributed by atoms with E-state index in [2.05, 4.69) is 37.9 Å². The van der Waals surface area contributed by atoms with Gasteiger partial charge in [0.25, 0.3) is 0 Å². The maximum atomic E-state index is 13.4. The van der Waals surface area contributed by atoms with E-state index in [9.17, 15) is 13.2 Å². The van der Waals surface area contributed by atoms with Crippen molar-refractivity contribution in [3.8, 4) is 0 Å². The largest absolute Gasteiger partial charge is 0.416 e. The highest BCUT2D eigenvalue weighted by molar-refractivity contribution is 5.95. The van der Waals surface area contributed by atoms with Gasteiger partial charge in [0.15, 0.2) is 5.82 Å². The van der Waals surface area contributed by atoms with E-state index in [-0.39, 0.29) is 11.1 Å². The highest BCUT2D eigenvalue weighted by Gasteiger charge is 2.45. The molecule has 0 amide bonds. The minimum absolute atomic E-state index is 0.102. The van der Waals surface area contributed by atoms with E-state index in [1.54, 1.807) is 6.07 Å². The number of alkyl halides is 3. The molecule has 2 aliphatic rings. The molecule has 2 fully saturated rings. The third-order valence-electron chi connectivity index (χ3n) is 6.85. The molecule has 4 N–H and O–H groups in total. The Bertz CT molecular complexity index is 1200. The van der Waals surface area contributed by atoms with Crippen molar-refractivity contribution in [1.29, 1.82) is 0 Å². The van der Waals surface area contributed by atoms with Crippen LogP contribution in [0.15, 0.2) is 36.4 Å². The van der Waals surface area contributed by atoms with Crippen molar-refractivity contribution >= 4 is 22.3 Å². The first-order valence-electron chi connectivity index (χ1n) is 11.1. The van der Waals surface area contributed by atoms with Gasteiger partial charge in [-0.15, -0.1) is 5.10 Å². The minimum atomic E-state index is -4.44. The summed E-state index contributed by atoms with van der Waals surface area (Å²) in [7, 11) is 0. The summed E-state index contributed by atoms with van der Waals surface area (Å²) in [4.78, 5) is 2.37. The first-order chi connectivity index (χ1) is 15.7. The molecule has 1 aliphatic heterocycles. The summed E-state index contributed by atoms with van der Waals surface area (Å²) in [5.41, 5.74) is 8.23. The second kappa shape index (κ2) is 7.85. The van der Waals surface area contributed by atoms with Crippen LogP contribution in [-0.2, 0) is 6.18 Å². The molecule has 2 heterocycles. The normalized spacial score (nSPS) is 18.5. The van der Waals surface area contributed by atoms with Crippen LogP contribution < -0.4 is 21.3 Å². The monoisotopic (exact) mass is 456 g/mol. The van der Waals surface area contributed by atoms with Gasteiger partial charge in [0.1, 0.15) is 6.17 Å². The predicted molar refractivity (Wildman–Crippen MR) is 123 cm³/mol. The summed E-state index contributed by atoms with van der Waals surface area (Å²) in [6.45, 7) is 6.14. The van der Waals surface area contributed by atoms with Crippen LogP contribution in [0.1, 0.15) is 41.4 Å². The second-order valence-corrected chi connectivity index (χ2v) is 9.13. The zero-order valence-electron chi connectivity index (χ0n) is 18.6. The van der Waals surface area contributed by atoms with Crippen LogP contribution in [0.4, 0.5) is 24.7 Å². The van der Waals surface area contributed by atoms with E-state index in [1.165, 1.54) is 25.8 Å². The number of anilines is 2. The Kier molecular flexibility index (Phi) is 5.21. The number of halogens is 3. The summed E-state index contributed by atoms with van der Waals surface area (Å²) in [5, 5.41) is 17.1. The number of rotatable bonds is 4. The van der Waals surface area contributed by atoms with Gasteiger partial charge in [0, 0.05) is 41.6 Å². The summed E-state index contributed by atoms with van der Waals surface area (Å²) >= 11 is 0. The van der Waals surface area contributed by atoms with E-state index in [4.69, 9.17) is 5.73 Å². The predicted octanol–water partition coefficient (Wildman–Crippen LogP) is 4.28. The van der Waals surface area contributed by atoms with Crippen molar-refractivity contribution in [3.63, 3.8) is 0 Å². The number of aryl methyl sites for hydroxylation is 1. The molecule has 2 aromatic carbocycles. The number of hydrogen-bond acceptors (Lipinski definition) is 6. The van der Waals surface area contributed by atoms with Gasteiger partial charge in [-0.3, -0.25) is 0 Å². The molecule has 0 radical (unpaired) electrons. The first-order valence-corrected chi connectivity index (χ1v) is 11.1. The average Bonchev–Trinajstić information content (AvgIpc) is 3.52. The Labute approximate surface area is 190 Å². The molecule has 0 bridgehead atoms. The van der Waals surface area contributed by atoms with Crippen molar-refractivity contribution < 1.29 is 13.2 Å². The van der Waals surface area contributed by atoms with E-state index in [0.717, 1.165) is 47.9 Å². The van der Waals surface area contributed by atoms with Crippen LogP contribution in [0.3, 0.4) is 0 Å². The van der Waals surface area contributed by atoms with Crippen molar-refractivity contribution in [2.45, 2.75) is 44.6 Å². The van der Waals surface area contributed by atoms with E-state index in [0.29, 0.717) is 11.4 Å². The molecule has 0 unspecified atom stereocenters. The topological polar surface area (TPSA) is 79.1 Å². The van der Waals surface area contributed by atoms with Crippen molar-refractivity contribution in [2.75, 3.05) is 29.9 Å².